The second kappa shape index (κ2) is 5.64. The van der Waals surface area contributed by atoms with Gasteiger partial charge in [-0.15, -0.1) is 0 Å². The molecule has 24 heavy (non-hydrogen) atoms. The molecule has 2 nitrogen and oxygen atoms in total. The third-order valence-electron chi connectivity index (χ3n) is 4.83. The van der Waals surface area contributed by atoms with Gasteiger partial charge in [0.25, 0.3) is 0 Å². The fourth-order valence-electron chi connectivity index (χ4n) is 3.42. The zero-order valence-electron chi connectivity index (χ0n) is 14.3. The average Bonchev–Trinajstić information content (AvgIpc) is 3.01. The van der Waals surface area contributed by atoms with E-state index in [0.29, 0.717) is 0 Å². The van der Waals surface area contributed by atoms with Crippen LogP contribution in [0.4, 0.5) is 0 Å². The van der Waals surface area contributed by atoms with Gasteiger partial charge in [0.15, 0.2) is 5.69 Å². The quantitative estimate of drug-likeness (QED) is 0.473. The number of hydrogen-bond donors (Lipinski definition) is 0. The number of para-hydroxylation sites is 1. The van der Waals surface area contributed by atoms with Gasteiger partial charge in [-0.2, -0.15) is 4.57 Å². The standard InChI is InChI=1S/C22H21N2/c1-16-9-7-8-12-19(16)22-20-13-14-24(18-10-5-4-6-11-18)21(20)15-17(2)23(22)3/h4-15H,1-3H3/q+1. The van der Waals surface area contributed by atoms with E-state index in [2.05, 4.69) is 103 Å². The Bertz CT molecular complexity index is 1030. The minimum atomic E-state index is 1.19. The van der Waals surface area contributed by atoms with Crippen molar-refractivity contribution < 1.29 is 4.57 Å². The zero-order valence-corrected chi connectivity index (χ0v) is 14.3. The van der Waals surface area contributed by atoms with Crippen molar-refractivity contribution >= 4 is 10.9 Å². The summed E-state index contributed by atoms with van der Waals surface area (Å²) in [5, 5.41) is 1.28. The Balaban J connectivity index is 2.07. The number of pyridine rings is 1. The monoisotopic (exact) mass is 313 g/mol. The molecule has 0 bridgehead atoms. The highest BCUT2D eigenvalue weighted by molar-refractivity contribution is 5.93. The maximum atomic E-state index is 2.29. The van der Waals surface area contributed by atoms with Crippen LogP contribution in [0.15, 0.2) is 72.9 Å². The average molecular weight is 313 g/mol. The first-order valence-electron chi connectivity index (χ1n) is 8.29. The van der Waals surface area contributed by atoms with Crippen LogP contribution in [-0.2, 0) is 7.05 Å². The number of aryl methyl sites for hydroxylation is 2. The fraction of sp³-hybridized carbons (Fsp3) is 0.136. The second-order valence-corrected chi connectivity index (χ2v) is 6.33. The smallest absolute Gasteiger partial charge is 0.222 e. The largest absolute Gasteiger partial charge is 0.316 e. The van der Waals surface area contributed by atoms with Crippen molar-refractivity contribution in [3.63, 3.8) is 0 Å². The maximum Gasteiger partial charge on any atom is 0.222 e. The molecule has 2 heteroatoms. The van der Waals surface area contributed by atoms with Gasteiger partial charge < -0.3 is 4.57 Å². The first-order chi connectivity index (χ1) is 11.7. The van der Waals surface area contributed by atoms with Gasteiger partial charge in [-0.1, -0.05) is 36.4 Å². The highest BCUT2D eigenvalue weighted by Crippen LogP contribution is 2.30. The van der Waals surface area contributed by atoms with Crippen LogP contribution in [0.3, 0.4) is 0 Å². The summed E-state index contributed by atoms with van der Waals surface area (Å²) in [6, 6.07) is 23.6. The normalized spacial score (nSPS) is 11.1. The molecule has 4 aromatic rings. The lowest BCUT2D eigenvalue weighted by molar-refractivity contribution is -0.665. The second-order valence-electron chi connectivity index (χ2n) is 6.33. The minimum absolute atomic E-state index is 1.19. The highest BCUT2D eigenvalue weighted by Gasteiger charge is 2.21. The Morgan fingerprint density at radius 2 is 1.54 bits per heavy atom. The van der Waals surface area contributed by atoms with Crippen LogP contribution in [0.25, 0.3) is 27.8 Å². The van der Waals surface area contributed by atoms with Gasteiger partial charge in [-0.3, -0.25) is 0 Å². The van der Waals surface area contributed by atoms with Gasteiger partial charge >= 0.3 is 0 Å². The molecule has 4 rings (SSSR count). The molecule has 2 aromatic heterocycles. The van der Waals surface area contributed by atoms with Gasteiger partial charge in [0.1, 0.15) is 7.05 Å². The topological polar surface area (TPSA) is 8.81 Å². The lowest BCUT2D eigenvalue weighted by atomic mass is 10.0. The molecule has 0 N–H and O–H groups in total. The van der Waals surface area contributed by atoms with Gasteiger partial charge in [-0.05, 0) is 36.8 Å². The van der Waals surface area contributed by atoms with Crippen LogP contribution in [0.5, 0.6) is 0 Å². The summed E-state index contributed by atoms with van der Waals surface area (Å²) in [4.78, 5) is 0. The molecule has 0 aliphatic carbocycles. The minimum Gasteiger partial charge on any atom is -0.316 e. The van der Waals surface area contributed by atoms with E-state index in [-0.39, 0.29) is 0 Å². The van der Waals surface area contributed by atoms with Crippen molar-refractivity contribution in [1.29, 1.82) is 0 Å². The number of rotatable bonds is 2. The molecule has 0 saturated heterocycles. The summed E-state index contributed by atoms with van der Waals surface area (Å²) in [6.45, 7) is 4.35. The summed E-state index contributed by atoms with van der Waals surface area (Å²) in [7, 11) is 2.15. The van der Waals surface area contributed by atoms with Crippen LogP contribution in [0.1, 0.15) is 11.3 Å². The van der Waals surface area contributed by atoms with Crippen LogP contribution >= 0.6 is 0 Å². The molecular formula is C22H21N2+. The van der Waals surface area contributed by atoms with Gasteiger partial charge in [-0.25, -0.2) is 0 Å². The van der Waals surface area contributed by atoms with E-state index in [1.54, 1.807) is 0 Å². The van der Waals surface area contributed by atoms with Crippen LogP contribution in [0.2, 0.25) is 0 Å². The van der Waals surface area contributed by atoms with Gasteiger partial charge in [0, 0.05) is 30.4 Å². The van der Waals surface area contributed by atoms with E-state index in [1.165, 1.54) is 39.1 Å². The molecule has 0 unspecified atom stereocenters. The number of aromatic nitrogens is 2. The third kappa shape index (κ3) is 2.23. The Labute approximate surface area is 142 Å². The predicted octanol–water partition coefficient (Wildman–Crippen LogP) is 4.74. The molecule has 0 saturated carbocycles. The van der Waals surface area contributed by atoms with E-state index in [9.17, 15) is 0 Å². The summed E-state index contributed by atoms with van der Waals surface area (Å²) in [5.41, 5.74) is 7.55. The van der Waals surface area contributed by atoms with Crippen molar-refractivity contribution in [2.24, 2.45) is 7.05 Å². The summed E-state index contributed by atoms with van der Waals surface area (Å²) in [6.07, 6.45) is 2.17. The van der Waals surface area contributed by atoms with Gasteiger partial charge in [0.2, 0.25) is 5.69 Å². The first kappa shape index (κ1) is 14.7. The molecular weight excluding hydrogens is 292 g/mol. The summed E-state index contributed by atoms with van der Waals surface area (Å²) < 4.78 is 4.56. The number of fused-ring (bicyclic) bond motifs is 1. The van der Waals surface area contributed by atoms with Crippen molar-refractivity contribution in [2.75, 3.05) is 0 Å². The molecule has 2 heterocycles. The lowest BCUT2D eigenvalue weighted by Crippen LogP contribution is -2.35. The number of nitrogens with zero attached hydrogens (tertiary/aromatic N) is 2. The Morgan fingerprint density at radius 3 is 2.29 bits per heavy atom. The van der Waals surface area contributed by atoms with Crippen LogP contribution < -0.4 is 4.57 Å². The molecule has 0 aliphatic rings. The van der Waals surface area contributed by atoms with E-state index >= 15 is 0 Å². The van der Waals surface area contributed by atoms with Crippen molar-refractivity contribution in [2.45, 2.75) is 13.8 Å². The molecule has 0 radical (unpaired) electrons. The molecule has 118 valence electrons. The molecule has 0 fully saturated rings. The van der Waals surface area contributed by atoms with Crippen LogP contribution in [0, 0.1) is 13.8 Å². The Kier molecular flexibility index (Phi) is 3.46. The van der Waals surface area contributed by atoms with Crippen molar-refractivity contribution in [1.82, 2.24) is 4.57 Å². The molecule has 0 spiro atoms. The van der Waals surface area contributed by atoms with Crippen LogP contribution in [-0.4, -0.2) is 4.57 Å². The number of hydrogen-bond acceptors (Lipinski definition) is 0. The van der Waals surface area contributed by atoms with Crippen molar-refractivity contribution in [3.8, 4) is 16.9 Å². The van der Waals surface area contributed by atoms with E-state index in [4.69, 9.17) is 0 Å². The van der Waals surface area contributed by atoms with E-state index in [0.717, 1.165) is 0 Å². The third-order valence-corrected chi connectivity index (χ3v) is 4.83. The van der Waals surface area contributed by atoms with Gasteiger partial charge in [0.05, 0.1) is 10.9 Å². The molecule has 2 aromatic carbocycles. The summed E-state index contributed by atoms with van der Waals surface area (Å²) in [5.74, 6) is 0. The maximum absolute atomic E-state index is 2.29. The molecule has 0 atom stereocenters. The fourth-order valence-corrected chi connectivity index (χ4v) is 3.42. The zero-order chi connectivity index (χ0) is 16.7. The Morgan fingerprint density at radius 1 is 0.833 bits per heavy atom. The van der Waals surface area contributed by atoms with E-state index < -0.39 is 0 Å². The van der Waals surface area contributed by atoms with E-state index in [1.807, 2.05) is 0 Å². The predicted molar refractivity (Wildman–Crippen MR) is 99.4 cm³/mol. The highest BCUT2D eigenvalue weighted by atomic mass is 15.0. The molecule has 0 aliphatic heterocycles. The summed E-state index contributed by atoms with van der Waals surface area (Å²) >= 11 is 0. The SMILES string of the molecule is Cc1ccccc1-c1c2ccn(-c3ccccc3)c2cc(C)[n+]1C. The Hall–Kier alpha value is -2.87. The lowest BCUT2D eigenvalue weighted by Gasteiger charge is -2.10. The number of benzene rings is 2. The van der Waals surface area contributed by atoms with Crippen molar-refractivity contribution in [3.05, 3.63) is 84.2 Å². The molecule has 0 amide bonds. The first-order valence-corrected chi connectivity index (χ1v) is 8.29.